The second-order valence-corrected chi connectivity index (χ2v) is 9.00. The lowest BCUT2D eigenvalue weighted by atomic mass is 10.2. The summed E-state index contributed by atoms with van der Waals surface area (Å²) in [6, 6.07) is 8.92. The molecule has 0 aliphatic carbocycles. The summed E-state index contributed by atoms with van der Waals surface area (Å²) in [6.07, 6.45) is 0. The maximum absolute atomic E-state index is 5.62. The molecule has 2 rings (SSSR count). The highest BCUT2D eigenvalue weighted by Gasteiger charge is 2.23. The molecule has 1 aromatic carbocycles. The van der Waals surface area contributed by atoms with Gasteiger partial charge in [0.2, 0.25) is 8.32 Å². The zero-order valence-electron chi connectivity index (χ0n) is 11.0. The Morgan fingerprint density at radius 1 is 1.12 bits per heavy atom. The first-order valence-corrected chi connectivity index (χ1v) is 9.16. The van der Waals surface area contributed by atoms with E-state index in [1.807, 2.05) is 7.11 Å². The predicted molar refractivity (Wildman–Crippen MR) is 75.6 cm³/mol. The minimum atomic E-state index is -1.66. The lowest BCUT2D eigenvalue weighted by Crippen LogP contribution is -2.45. The highest BCUT2D eigenvalue weighted by molar-refractivity contribution is 6.84. The van der Waals surface area contributed by atoms with Gasteiger partial charge in [-0.25, -0.2) is 0 Å². The van der Waals surface area contributed by atoms with E-state index in [2.05, 4.69) is 47.6 Å². The lowest BCUT2D eigenvalue weighted by Gasteiger charge is -2.30. The molecule has 0 atom stereocenters. The molecular weight excluding hydrogens is 228 g/mol. The number of hydrogen-bond donors (Lipinski definition) is 1. The van der Waals surface area contributed by atoms with Crippen LogP contribution in [0.3, 0.4) is 0 Å². The van der Waals surface area contributed by atoms with Gasteiger partial charge >= 0.3 is 0 Å². The van der Waals surface area contributed by atoms with E-state index in [-0.39, 0.29) is 0 Å². The van der Waals surface area contributed by atoms with E-state index in [0.29, 0.717) is 0 Å². The van der Waals surface area contributed by atoms with Crippen LogP contribution >= 0.6 is 0 Å². The van der Waals surface area contributed by atoms with Crippen LogP contribution in [0.15, 0.2) is 24.3 Å². The fourth-order valence-electron chi connectivity index (χ4n) is 2.11. The van der Waals surface area contributed by atoms with Gasteiger partial charge in [-0.15, -0.1) is 0 Å². The molecule has 0 bridgehead atoms. The Morgan fingerprint density at radius 2 is 1.71 bits per heavy atom. The van der Waals surface area contributed by atoms with Crippen LogP contribution in [-0.4, -0.2) is 41.6 Å². The molecule has 1 heterocycles. The van der Waals surface area contributed by atoms with Crippen LogP contribution in [0.25, 0.3) is 0 Å². The zero-order valence-corrected chi connectivity index (χ0v) is 12.0. The number of anilines is 1. The van der Waals surface area contributed by atoms with Crippen LogP contribution in [0.4, 0.5) is 5.69 Å². The molecule has 1 aliphatic heterocycles. The van der Waals surface area contributed by atoms with Crippen molar-refractivity contribution < 1.29 is 4.43 Å². The van der Waals surface area contributed by atoms with Gasteiger partial charge < -0.3 is 14.6 Å². The first-order valence-electron chi connectivity index (χ1n) is 6.25. The first kappa shape index (κ1) is 12.6. The maximum atomic E-state index is 5.62. The predicted octanol–water partition coefficient (Wildman–Crippen LogP) is 1.15. The normalized spacial score (nSPS) is 17.2. The van der Waals surface area contributed by atoms with Gasteiger partial charge in [0.1, 0.15) is 0 Å². The van der Waals surface area contributed by atoms with Crippen molar-refractivity contribution in [2.24, 2.45) is 0 Å². The second kappa shape index (κ2) is 5.21. The average molecular weight is 250 g/mol. The van der Waals surface area contributed by atoms with E-state index in [0.717, 1.165) is 26.2 Å². The molecule has 0 radical (unpaired) electrons. The summed E-state index contributed by atoms with van der Waals surface area (Å²) < 4.78 is 5.62. The van der Waals surface area contributed by atoms with E-state index >= 15 is 0 Å². The monoisotopic (exact) mass is 250 g/mol. The van der Waals surface area contributed by atoms with Gasteiger partial charge in [-0.1, -0.05) is 12.1 Å². The number of hydrogen-bond acceptors (Lipinski definition) is 3. The van der Waals surface area contributed by atoms with Gasteiger partial charge in [0, 0.05) is 39.0 Å². The van der Waals surface area contributed by atoms with E-state index in [9.17, 15) is 0 Å². The van der Waals surface area contributed by atoms with Crippen molar-refractivity contribution in [2.45, 2.75) is 13.1 Å². The van der Waals surface area contributed by atoms with Crippen LogP contribution in [-0.2, 0) is 4.43 Å². The van der Waals surface area contributed by atoms with E-state index in [1.54, 1.807) is 0 Å². The first-order chi connectivity index (χ1) is 8.13. The lowest BCUT2D eigenvalue weighted by molar-refractivity contribution is 0.416. The fourth-order valence-corrected chi connectivity index (χ4v) is 3.32. The summed E-state index contributed by atoms with van der Waals surface area (Å²) in [5, 5.41) is 4.73. The SMILES string of the molecule is CO[Si](C)(C)c1ccc(N2CCNCC2)cc1. The highest BCUT2D eigenvalue weighted by Crippen LogP contribution is 2.14. The molecule has 0 amide bonds. The summed E-state index contributed by atoms with van der Waals surface area (Å²) in [5.41, 5.74) is 1.33. The Morgan fingerprint density at radius 3 is 2.24 bits per heavy atom. The molecule has 1 fully saturated rings. The summed E-state index contributed by atoms with van der Waals surface area (Å²) in [4.78, 5) is 2.43. The molecule has 17 heavy (non-hydrogen) atoms. The van der Waals surface area contributed by atoms with Gasteiger partial charge in [0.05, 0.1) is 0 Å². The van der Waals surface area contributed by atoms with E-state index < -0.39 is 8.32 Å². The summed E-state index contributed by atoms with van der Waals surface area (Å²) in [6.45, 7) is 8.83. The largest absolute Gasteiger partial charge is 0.416 e. The molecule has 3 nitrogen and oxygen atoms in total. The zero-order chi connectivity index (χ0) is 12.3. The van der Waals surface area contributed by atoms with Crippen LogP contribution in [0, 0.1) is 0 Å². The van der Waals surface area contributed by atoms with Gasteiger partial charge in [-0.05, 0) is 30.4 Å². The Kier molecular flexibility index (Phi) is 3.86. The number of rotatable bonds is 3. The molecular formula is C13H22N2OSi. The minimum absolute atomic E-state index is 1.08. The van der Waals surface area contributed by atoms with Gasteiger partial charge in [-0.2, -0.15) is 0 Å². The molecule has 4 heteroatoms. The molecule has 1 N–H and O–H groups in total. The van der Waals surface area contributed by atoms with Crippen molar-refractivity contribution >= 4 is 19.2 Å². The Hall–Kier alpha value is -0.843. The Balaban J connectivity index is 2.12. The molecule has 1 aliphatic rings. The second-order valence-electron chi connectivity index (χ2n) is 5.00. The molecule has 0 spiro atoms. The van der Waals surface area contributed by atoms with Crippen molar-refractivity contribution in [1.29, 1.82) is 0 Å². The van der Waals surface area contributed by atoms with Crippen molar-refractivity contribution in [3.63, 3.8) is 0 Å². The molecule has 0 aromatic heterocycles. The van der Waals surface area contributed by atoms with Crippen LogP contribution in [0.5, 0.6) is 0 Å². The quantitative estimate of drug-likeness (QED) is 0.815. The molecule has 1 saturated heterocycles. The summed E-state index contributed by atoms with van der Waals surface area (Å²) >= 11 is 0. The minimum Gasteiger partial charge on any atom is -0.416 e. The maximum Gasteiger partial charge on any atom is 0.217 e. The van der Waals surface area contributed by atoms with Crippen LogP contribution in [0.2, 0.25) is 13.1 Å². The third kappa shape index (κ3) is 2.88. The summed E-state index contributed by atoms with van der Waals surface area (Å²) in [7, 11) is 0.159. The van der Waals surface area contributed by atoms with Gasteiger partial charge in [0.15, 0.2) is 0 Å². The average Bonchev–Trinajstić information content (AvgIpc) is 2.40. The molecule has 0 unspecified atom stereocenters. The number of nitrogens with one attached hydrogen (secondary N) is 1. The third-order valence-electron chi connectivity index (χ3n) is 3.55. The number of benzene rings is 1. The standard InChI is InChI=1S/C13H22N2OSi/c1-16-17(2,3)13-6-4-12(5-7-13)15-10-8-14-9-11-15/h4-7,14H,8-11H2,1-3H3. The number of nitrogens with zero attached hydrogens (tertiary/aromatic N) is 1. The number of piperazine rings is 1. The molecule has 1 aromatic rings. The fraction of sp³-hybridized carbons (Fsp3) is 0.538. The van der Waals surface area contributed by atoms with Gasteiger partial charge in [0.25, 0.3) is 0 Å². The topological polar surface area (TPSA) is 24.5 Å². The van der Waals surface area contributed by atoms with Crippen molar-refractivity contribution in [2.75, 3.05) is 38.2 Å². The molecule has 0 saturated carbocycles. The van der Waals surface area contributed by atoms with E-state index in [4.69, 9.17) is 4.43 Å². The molecule has 94 valence electrons. The Labute approximate surface area is 105 Å². The third-order valence-corrected chi connectivity index (χ3v) is 6.30. The van der Waals surface area contributed by atoms with Crippen molar-refractivity contribution in [3.8, 4) is 0 Å². The highest BCUT2D eigenvalue weighted by atomic mass is 28.4. The van der Waals surface area contributed by atoms with Crippen LogP contribution < -0.4 is 15.4 Å². The van der Waals surface area contributed by atoms with Gasteiger partial charge in [-0.3, -0.25) is 0 Å². The van der Waals surface area contributed by atoms with E-state index in [1.165, 1.54) is 10.9 Å². The Bertz CT molecular complexity index is 358. The summed E-state index contributed by atoms with van der Waals surface area (Å²) in [5.74, 6) is 0. The van der Waals surface area contributed by atoms with Crippen molar-refractivity contribution in [1.82, 2.24) is 5.32 Å². The smallest absolute Gasteiger partial charge is 0.217 e. The van der Waals surface area contributed by atoms with Crippen molar-refractivity contribution in [3.05, 3.63) is 24.3 Å². The van der Waals surface area contributed by atoms with Crippen LogP contribution in [0.1, 0.15) is 0 Å².